The Bertz CT molecular complexity index is 625. The molecule has 0 aliphatic heterocycles. The molecule has 0 aliphatic rings. The second-order valence-corrected chi connectivity index (χ2v) is 5.04. The van der Waals surface area contributed by atoms with Gasteiger partial charge in [-0.15, -0.1) is 0 Å². The molecule has 0 saturated carbocycles. The maximum Gasteiger partial charge on any atom is 0.416 e. The Morgan fingerprint density at radius 3 is 2.20 bits per heavy atom. The van der Waals surface area contributed by atoms with E-state index in [9.17, 15) is 13.2 Å². The van der Waals surface area contributed by atoms with Crippen molar-refractivity contribution in [3.8, 4) is 11.1 Å². The Morgan fingerprint density at radius 1 is 0.900 bits per heavy atom. The van der Waals surface area contributed by atoms with E-state index in [2.05, 4.69) is 0 Å². The first-order valence-corrected chi connectivity index (χ1v) is 6.60. The molecule has 0 spiro atoms. The van der Waals surface area contributed by atoms with E-state index in [1.54, 1.807) is 6.07 Å². The van der Waals surface area contributed by atoms with Crippen molar-refractivity contribution in [3.05, 3.63) is 58.7 Å². The lowest BCUT2D eigenvalue weighted by Gasteiger charge is -2.15. The summed E-state index contributed by atoms with van der Waals surface area (Å²) in [5.41, 5.74) is 3.95. The highest BCUT2D eigenvalue weighted by molar-refractivity contribution is 5.72. The largest absolute Gasteiger partial charge is 0.416 e. The summed E-state index contributed by atoms with van der Waals surface area (Å²) in [5.74, 6) is 0. The zero-order valence-corrected chi connectivity index (χ0v) is 11.8. The number of aryl methyl sites for hydroxylation is 3. The molecule has 0 aromatic heterocycles. The number of alkyl halides is 3. The van der Waals surface area contributed by atoms with Crippen LogP contribution in [0.5, 0.6) is 0 Å². The minimum Gasteiger partial charge on any atom is -0.166 e. The molecule has 0 aliphatic carbocycles. The summed E-state index contributed by atoms with van der Waals surface area (Å²) < 4.78 is 38.6. The molecular formula is C17H17F3. The van der Waals surface area contributed by atoms with Crippen LogP contribution >= 0.6 is 0 Å². The average molecular weight is 278 g/mol. The first-order valence-electron chi connectivity index (χ1n) is 6.60. The standard InChI is InChI=1S/C17H17F3/c1-4-13-7-5-11(2)9-16(13)15-10-14(17(18,19)20)8-6-12(15)3/h5-10H,4H2,1-3H3. The van der Waals surface area contributed by atoms with Crippen LogP contribution in [0.2, 0.25) is 0 Å². The van der Waals surface area contributed by atoms with Gasteiger partial charge in [-0.3, -0.25) is 0 Å². The highest BCUT2D eigenvalue weighted by Gasteiger charge is 2.31. The molecule has 0 radical (unpaired) electrons. The average Bonchev–Trinajstić information content (AvgIpc) is 2.38. The Kier molecular flexibility index (Phi) is 3.89. The van der Waals surface area contributed by atoms with Crippen molar-refractivity contribution in [1.29, 1.82) is 0 Å². The van der Waals surface area contributed by atoms with Gasteiger partial charge < -0.3 is 0 Å². The van der Waals surface area contributed by atoms with Gasteiger partial charge in [0.2, 0.25) is 0 Å². The normalized spacial score (nSPS) is 11.7. The summed E-state index contributed by atoms with van der Waals surface area (Å²) >= 11 is 0. The first-order chi connectivity index (χ1) is 9.32. The molecule has 106 valence electrons. The van der Waals surface area contributed by atoms with E-state index in [0.29, 0.717) is 5.56 Å². The van der Waals surface area contributed by atoms with Crippen LogP contribution in [0, 0.1) is 13.8 Å². The van der Waals surface area contributed by atoms with E-state index in [0.717, 1.165) is 34.7 Å². The molecule has 2 rings (SSSR count). The van der Waals surface area contributed by atoms with Gasteiger partial charge in [-0.25, -0.2) is 0 Å². The van der Waals surface area contributed by atoms with Crippen molar-refractivity contribution >= 4 is 0 Å². The molecule has 2 aromatic carbocycles. The summed E-state index contributed by atoms with van der Waals surface area (Å²) in [6.07, 6.45) is -3.51. The van der Waals surface area contributed by atoms with Gasteiger partial charge >= 0.3 is 6.18 Å². The zero-order valence-electron chi connectivity index (χ0n) is 11.8. The molecule has 0 amide bonds. The number of rotatable bonds is 2. The van der Waals surface area contributed by atoms with Gasteiger partial charge in [0.15, 0.2) is 0 Å². The van der Waals surface area contributed by atoms with Crippen LogP contribution in [0.25, 0.3) is 11.1 Å². The van der Waals surface area contributed by atoms with Crippen LogP contribution in [0.3, 0.4) is 0 Å². The van der Waals surface area contributed by atoms with Crippen LogP contribution in [0.15, 0.2) is 36.4 Å². The van der Waals surface area contributed by atoms with E-state index >= 15 is 0 Å². The van der Waals surface area contributed by atoms with Crippen LogP contribution in [-0.2, 0) is 12.6 Å². The predicted molar refractivity (Wildman–Crippen MR) is 75.7 cm³/mol. The number of hydrogen-bond donors (Lipinski definition) is 0. The van der Waals surface area contributed by atoms with Gasteiger partial charge in [-0.05, 0) is 54.7 Å². The van der Waals surface area contributed by atoms with Crippen LogP contribution in [0.4, 0.5) is 13.2 Å². The molecule has 0 heterocycles. The summed E-state index contributed by atoms with van der Waals surface area (Å²) in [4.78, 5) is 0. The van der Waals surface area contributed by atoms with Gasteiger partial charge in [0, 0.05) is 0 Å². The second kappa shape index (κ2) is 5.31. The molecule has 0 fully saturated rings. The van der Waals surface area contributed by atoms with Crippen molar-refractivity contribution in [3.63, 3.8) is 0 Å². The monoisotopic (exact) mass is 278 g/mol. The fourth-order valence-corrected chi connectivity index (χ4v) is 2.34. The molecular weight excluding hydrogens is 261 g/mol. The van der Waals surface area contributed by atoms with E-state index in [4.69, 9.17) is 0 Å². The summed E-state index contributed by atoms with van der Waals surface area (Å²) in [5, 5.41) is 0. The van der Waals surface area contributed by atoms with E-state index in [1.165, 1.54) is 6.07 Å². The van der Waals surface area contributed by atoms with Gasteiger partial charge in [-0.2, -0.15) is 13.2 Å². The molecule has 0 unspecified atom stereocenters. The van der Waals surface area contributed by atoms with Crippen LogP contribution in [0.1, 0.15) is 29.2 Å². The third kappa shape index (κ3) is 2.87. The predicted octanol–water partition coefficient (Wildman–Crippen LogP) is 5.55. The molecule has 3 heteroatoms. The maximum atomic E-state index is 12.9. The molecule has 0 nitrogen and oxygen atoms in total. The van der Waals surface area contributed by atoms with Crippen molar-refractivity contribution in [1.82, 2.24) is 0 Å². The van der Waals surface area contributed by atoms with E-state index in [-0.39, 0.29) is 0 Å². The summed E-state index contributed by atoms with van der Waals surface area (Å²) in [7, 11) is 0. The molecule has 20 heavy (non-hydrogen) atoms. The lowest BCUT2D eigenvalue weighted by Crippen LogP contribution is -2.05. The summed E-state index contributed by atoms with van der Waals surface area (Å²) in [6, 6.07) is 9.88. The lowest BCUT2D eigenvalue weighted by atomic mass is 9.92. The smallest absolute Gasteiger partial charge is 0.166 e. The third-order valence-electron chi connectivity index (χ3n) is 3.50. The highest BCUT2D eigenvalue weighted by Crippen LogP contribution is 2.35. The van der Waals surface area contributed by atoms with Crippen molar-refractivity contribution < 1.29 is 13.2 Å². The van der Waals surface area contributed by atoms with Crippen LogP contribution in [-0.4, -0.2) is 0 Å². The van der Waals surface area contributed by atoms with E-state index < -0.39 is 11.7 Å². The zero-order chi connectivity index (χ0) is 14.9. The first kappa shape index (κ1) is 14.6. The van der Waals surface area contributed by atoms with Gasteiger partial charge in [0.25, 0.3) is 0 Å². The third-order valence-corrected chi connectivity index (χ3v) is 3.50. The number of halogens is 3. The Hall–Kier alpha value is -1.77. The molecule has 0 N–H and O–H groups in total. The number of benzene rings is 2. The Labute approximate surface area is 117 Å². The SMILES string of the molecule is CCc1ccc(C)cc1-c1cc(C(F)(F)F)ccc1C. The van der Waals surface area contributed by atoms with E-state index in [1.807, 2.05) is 39.0 Å². The molecule has 2 aromatic rings. The Morgan fingerprint density at radius 2 is 1.60 bits per heavy atom. The Balaban J connectivity index is 2.66. The fraction of sp³-hybridized carbons (Fsp3) is 0.294. The van der Waals surface area contributed by atoms with Crippen molar-refractivity contribution in [2.24, 2.45) is 0 Å². The highest BCUT2D eigenvalue weighted by atomic mass is 19.4. The topological polar surface area (TPSA) is 0 Å². The molecule has 0 atom stereocenters. The second-order valence-electron chi connectivity index (χ2n) is 5.04. The van der Waals surface area contributed by atoms with Crippen molar-refractivity contribution in [2.45, 2.75) is 33.4 Å². The number of hydrogen-bond acceptors (Lipinski definition) is 0. The van der Waals surface area contributed by atoms with Gasteiger partial charge in [0.05, 0.1) is 5.56 Å². The summed E-state index contributed by atoms with van der Waals surface area (Å²) in [6.45, 7) is 5.81. The maximum absolute atomic E-state index is 12.9. The minimum atomic E-state index is -4.31. The van der Waals surface area contributed by atoms with Gasteiger partial charge in [0.1, 0.15) is 0 Å². The minimum absolute atomic E-state index is 0.596. The molecule has 0 saturated heterocycles. The quantitative estimate of drug-likeness (QED) is 0.675. The molecule has 0 bridgehead atoms. The fourth-order valence-electron chi connectivity index (χ4n) is 2.34. The van der Waals surface area contributed by atoms with Gasteiger partial charge in [-0.1, -0.05) is 36.8 Å². The van der Waals surface area contributed by atoms with Crippen molar-refractivity contribution in [2.75, 3.05) is 0 Å². The lowest BCUT2D eigenvalue weighted by molar-refractivity contribution is -0.137. The van der Waals surface area contributed by atoms with Crippen LogP contribution < -0.4 is 0 Å².